The van der Waals surface area contributed by atoms with Crippen LogP contribution in [-0.4, -0.2) is 18.2 Å². The summed E-state index contributed by atoms with van der Waals surface area (Å²) in [5.41, 5.74) is 6.64. The fourth-order valence-corrected chi connectivity index (χ4v) is 1.85. The Balaban J connectivity index is 2.30. The normalized spacial score (nSPS) is 10.2. The number of nitrogens with zero attached hydrogens (tertiary/aromatic N) is 1. The quantitative estimate of drug-likeness (QED) is 0.847. The van der Waals surface area contributed by atoms with Crippen LogP contribution in [0.5, 0.6) is 23.1 Å². The second-order valence-electron chi connectivity index (χ2n) is 4.26. The van der Waals surface area contributed by atoms with Crippen LogP contribution in [0, 0.1) is 0 Å². The van der Waals surface area contributed by atoms with Crippen molar-refractivity contribution in [2.75, 3.05) is 13.2 Å². The van der Waals surface area contributed by atoms with Crippen LogP contribution in [0.3, 0.4) is 0 Å². The molecule has 0 atom stereocenters. The van der Waals surface area contributed by atoms with Crippen molar-refractivity contribution >= 4 is 0 Å². The minimum atomic E-state index is 0.417. The van der Waals surface area contributed by atoms with Crippen LogP contribution in [0.1, 0.15) is 19.4 Å². The molecule has 0 fully saturated rings. The predicted octanol–water partition coefficient (Wildman–Crippen LogP) is 3.13. The molecule has 2 aromatic rings. The average Bonchev–Trinajstić information content (AvgIpc) is 2.51. The Morgan fingerprint density at radius 2 is 1.76 bits per heavy atom. The zero-order chi connectivity index (χ0) is 15.1. The molecule has 2 rings (SSSR count). The molecule has 0 saturated carbocycles. The monoisotopic (exact) mass is 288 g/mol. The van der Waals surface area contributed by atoms with E-state index in [1.807, 2.05) is 38.1 Å². The molecule has 0 aliphatic rings. The number of ether oxygens (including phenoxy) is 3. The first-order chi connectivity index (χ1) is 10.3. The number of hydrogen-bond acceptors (Lipinski definition) is 5. The first kappa shape index (κ1) is 15.1. The van der Waals surface area contributed by atoms with Gasteiger partial charge >= 0.3 is 0 Å². The molecule has 0 aliphatic carbocycles. The highest BCUT2D eigenvalue weighted by molar-refractivity contribution is 5.46. The van der Waals surface area contributed by atoms with Gasteiger partial charge in [0.15, 0.2) is 17.2 Å². The smallest absolute Gasteiger partial charge is 0.262 e. The summed E-state index contributed by atoms with van der Waals surface area (Å²) in [6.07, 6.45) is 1.66. The zero-order valence-corrected chi connectivity index (χ0v) is 12.3. The van der Waals surface area contributed by atoms with E-state index in [2.05, 4.69) is 4.98 Å². The summed E-state index contributed by atoms with van der Waals surface area (Å²) in [4.78, 5) is 4.21. The molecular formula is C16H20N2O3. The van der Waals surface area contributed by atoms with E-state index < -0.39 is 0 Å². The van der Waals surface area contributed by atoms with E-state index in [0.29, 0.717) is 42.9 Å². The van der Waals surface area contributed by atoms with Crippen LogP contribution in [0.4, 0.5) is 0 Å². The Labute approximate surface area is 124 Å². The molecule has 1 aromatic heterocycles. The van der Waals surface area contributed by atoms with Crippen LogP contribution in [0.2, 0.25) is 0 Å². The first-order valence-electron chi connectivity index (χ1n) is 7.00. The minimum absolute atomic E-state index is 0.417. The molecule has 2 N–H and O–H groups in total. The van der Waals surface area contributed by atoms with Gasteiger partial charge in [-0.3, -0.25) is 0 Å². The van der Waals surface area contributed by atoms with Gasteiger partial charge in [-0.25, -0.2) is 4.98 Å². The van der Waals surface area contributed by atoms with E-state index in [1.165, 1.54) is 0 Å². The molecule has 0 unspecified atom stereocenters. The molecule has 0 saturated heterocycles. The van der Waals surface area contributed by atoms with Crippen molar-refractivity contribution in [3.63, 3.8) is 0 Å². The van der Waals surface area contributed by atoms with Gasteiger partial charge in [-0.2, -0.15) is 0 Å². The van der Waals surface area contributed by atoms with E-state index in [4.69, 9.17) is 19.9 Å². The first-order valence-corrected chi connectivity index (χ1v) is 7.00. The number of hydrogen-bond donors (Lipinski definition) is 1. The molecule has 1 aromatic carbocycles. The van der Waals surface area contributed by atoms with E-state index in [-0.39, 0.29) is 0 Å². The highest BCUT2D eigenvalue weighted by Gasteiger charge is 2.11. The van der Waals surface area contributed by atoms with Gasteiger partial charge in [0, 0.05) is 12.7 Å². The number of benzene rings is 1. The molecule has 0 bridgehead atoms. The van der Waals surface area contributed by atoms with Crippen molar-refractivity contribution in [3.8, 4) is 23.1 Å². The third kappa shape index (κ3) is 3.86. The number of aromatic nitrogens is 1. The van der Waals surface area contributed by atoms with Crippen molar-refractivity contribution in [2.45, 2.75) is 20.4 Å². The summed E-state index contributed by atoms with van der Waals surface area (Å²) in [7, 11) is 0. The molecule has 0 radical (unpaired) electrons. The van der Waals surface area contributed by atoms with Gasteiger partial charge < -0.3 is 19.9 Å². The van der Waals surface area contributed by atoms with Gasteiger partial charge in [-0.1, -0.05) is 6.07 Å². The van der Waals surface area contributed by atoms with Crippen LogP contribution < -0.4 is 19.9 Å². The van der Waals surface area contributed by atoms with Crippen molar-refractivity contribution in [1.29, 1.82) is 0 Å². The second kappa shape index (κ2) is 7.50. The maximum atomic E-state index is 5.84. The van der Waals surface area contributed by atoms with Crippen LogP contribution in [0.25, 0.3) is 0 Å². The maximum Gasteiger partial charge on any atom is 0.262 e. The standard InChI is InChI=1S/C16H20N2O3/c1-3-19-14-6-5-9-18-16(14)21-13-8-7-12(11-17)10-15(13)20-4-2/h5-10H,3-4,11,17H2,1-2H3. The SMILES string of the molecule is CCOc1cc(CN)ccc1Oc1ncccc1OCC. The summed E-state index contributed by atoms with van der Waals surface area (Å²) in [6.45, 7) is 5.38. The zero-order valence-electron chi connectivity index (χ0n) is 12.3. The van der Waals surface area contributed by atoms with Crippen molar-refractivity contribution in [1.82, 2.24) is 4.98 Å². The lowest BCUT2D eigenvalue weighted by atomic mass is 10.2. The predicted molar refractivity (Wildman–Crippen MR) is 81.0 cm³/mol. The summed E-state index contributed by atoms with van der Waals surface area (Å²) < 4.78 is 17.0. The highest BCUT2D eigenvalue weighted by atomic mass is 16.5. The lowest BCUT2D eigenvalue weighted by molar-refractivity contribution is 0.300. The van der Waals surface area contributed by atoms with Gasteiger partial charge in [-0.15, -0.1) is 0 Å². The topological polar surface area (TPSA) is 66.6 Å². The summed E-state index contributed by atoms with van der Waals surface area (Å²) in [5.74, 6) is 2.26. The Kier molecular flexibility index (Phi) is 5.40. The molecule has 112 valence electrons. The summed E-state index contributed by atoms with van der Waals surface area (Å²) in [5, 5.41) is 0. The second-order valence-corrected chi connectivity index (χ2v) is 4.26. The molecule has 21 heavy (non-hydrogen) atoms. The van der Waals surface area contributed by atoms with E-state index >= 15 is 0 Å². The highest BCUT2D eigenvalue weighted by Crippen LogP contribution is 2.35. The Morgan fingerprint density at radius 1 is 1.00 bits per heavy atom. The van der Waals surface area contributed by atoms with Gasteiger partial charge in [0.2, 0.25) is 0 Å². The Hall–Kier alpha value is -2.27. The maximum absolute atomic E-state index is 5.84. The molecule has 0 aliphatic heterocycles. The van der Waals surface area contributed by atoms with E-state index in [1.54, 1.807) is 12.3 Å². The third-order valence-electron chi connectivity index (χ3n) is 2.79. The lowest BCUT2D eigenvalue weighted by Crippen LogP contribution is -2.01. The van der Waals surface area contributed by atoms with E-state index in [0.717, 1.165) is 5.56 Å². The average molecular weight is 288 g/mol. The third-order valence-corrected chi connectivity index (χ3v) is 2.79. The fourth-order valence-electron chi connectivity index (χ4n) is 1.85. The van der Waals surface area contributed by atoms with Crippen LogP contribution in [0.15, 0.2) is 36.5 Å². The number of rotatable bonds is 7. The Bertz CT molecular complexity index is 587. The molecular weight excluding hydrogens is 268 g/mol. The van der Waals surface area contributed by atoms with Crippen LogP contribution >= 0.6 is 0 Å². The summed E-state index contributed by atoms with van der Waals surface area (Å²) in [6, 6.07) is 9.24. The molecule has 0 amide bonds. The summed E-state index contributed by atoms with van der Waals surface area (Å²) >= 11 is 0. The molecule has 0 spiro atoms. The van der Waals surface area contributed by atoms with Crippen molar-refractivity contribution in [3.05, 3.63) is 42.1 Å². The molecule has 5 heteroatoms. The van der Waals surface area contributed by atoms with Crippen molar-refractivity contribution < 1.29 is 14.2 Å². The van der Waals surface area contributed by atoms with Gasteiger partial charge in [0.25, 0.3) is 5.88 Å². The number of nitrogens with two attached hydrogens (primary N) is 1. The van der Waals surface area contributed by atoms with Gasteiger partial charge in [0.1, 0.15) is 0 Å². The number of pyridine rings is 1. The van der Waals surface area contributed by atoms with Crippen LogP contribution in [-0.2, 0) is 6.54 Å². The largest absolute Gasteiger partial charge is 0.490 e. The molecule has 1 heterocycles. The minimum Gasteiger partial charge on any atom is -0.490 e. The lowest BCUT2D eigenvalue weighted by Gasteiger charge is -2.14. The van der Waals surface area contributed by atoms with Crippen molar-refractivity contribution in [2.24, 2.45) is 5.73 Å². The van der Waals surface area contributed by atoms with Gasteiger partial charge in [-0.05, 0) is 43.7 Å². The fraction of sp³-hybridized carbons (Fsp3) is 0.312. The Morgan fingerprint density at radius 3 is 2.48 bits per heavy atom. The van der Waals surface area contributed by atoms with E-state index in [9.17, 15) is 0 Å². The molecule has 5 nitrogen and oxygen atoms in total. The van der Waals surface area contributed by atoms with Gasteiger partial charge in [0.05, 0.1) is 13.2 Å².